The minimum atomic E-state index is -0.950. The average Bonchev–Trinajstić information content (AvgIpc) is 2.77. The smallest absolute Gasteiger partial charge is 0.336 e. The van der Waals surface area contributed by atoms with Crippen molar-refractivity contribution in [3.63, 3.8) is 0 Å². The van der Waals surface area contributed by atoms with Crippen molar-refractivity contribution in [1.29, 1.82) is 0 Å². The SMILES string of the molecule is Cc1c(C(=O)O)cccc1-n1nnnc1C(C)C. The van der Waals surface area contributed by atoms with Crippen LogP contribution >= 0.6 is 0 Å². The van der Waals surface area contributed by atoms with Gasteiger partial charge in [-0.1, -0.05) is 19.9 Å². The molecule has 1 aromatic carbocycles. The van der Waals surface area contributed by atoms with Crippen molar-refractivity contribution >= 4 is 5.97 Å². The summed E-state index contributed by atoms with van der Waals surface area (Å²) >= 11 is 0. The molecule has 1 N–H and O–H groups in total. The van der Waals surface area contributed by atoms with Crippen molar-refractivity contribution in [2.24, 2.45) is 0 Å². The van der Waals surface area contributed by atoms with E-state index in [2.05, 4.69) is 15.5 Å². The third-order valence-corrected chi connectivity index (χ3v) is 2.77. The Kier molecular flexibility index (Phi) is 3.10. The summed E-state index contributed by atoms with van der Waals surface area (Å²) in [6, 6.07) is 5.07. The predicted molar refractivity (Wildman–Crippen MR) is 64.9 cm³/mol. The molecule has 6 heteroatoms. The van der Waals surface area contributed by atoms with E-state index in [9.17, 15) is 4.79 Å². The van der Waals surface area contributed by atoms with Gasteiger partial charge in [-0.15, -0.1) is 5.10 Å². The monoisotopic (exact) mass is 246 g/mol. The lowest BCUT2D eigenvalue weighted by Crippen LogP contribution is -2.09. The van der Waals surface area contributed by atoms with E-state index in [1.807, 2.05) is 19.9 Å². The van der Waals surface area contributed by atoms with Gasteiger partial charge in [0, 0.05) is 5.92 Å². The Balaban J connectivity index is 2.61. The summed E-state index contributed by atoms with van der Waals surface area (Å²) in [7, 11) is 0. The summed E-state index contributed by atoms with van der Waals surface area (Å²) in [5.41, 5.74) is 1.61. The van der Waals surface area contributed by atoms with Crippen LogP contribution in [0.25, 0.3) is 5.69 Å². The average molecular weight is 246 g/mol. The second-order valence-corrected chi connectivity index (χ2v) is 4.36. The zero-order chi connectivity index (χ0) is 13.3. The molecule has 0 amide bonds. The van der Waals surface area contributed by atoms with Gasteiger partial charge >= 0.3 is 5.97 Å². The molecule has 0 fully saturated rings. The predicted octanol–water partition coefficient (Wildman–Crippen LogP) is 1.79. The van der Waals surface area contributed by atoms with Crippen molar-refractivity contribution in [2.45, 2.75) is 26.7 Å². The third kappa shape index (κ3) is 1.97. The van der Waals surface area contributed by atoms with Crippen LogP contribution in [0.1, 0.15) is 41.5 Å². The van der Waals surface area contributed by atoms with Gasteiger partial charge in [0.2, 0.25) is 0 Å². The number of tetrazole rings is 1. The van der Waals surface area contributed by atoms with Crippen molar-refractivity contribution in [3.05, 3.63) is 35.2 Å². The molecule has 0 aliphatic heterocycles. The molecule has 1 aromatic heterocycles. The van der Waals surface area contributed by atoms with E-state index in [-0.39, 0.29) is 11.5 Å². The maximum atomic E-state index is 11.1. The molecule has 6 nitrogen and oxygen atoms in total. The Hall–Kier alpha value is -2.24. The fraction of sp³-hybridized carbons (Fsp3) is 0.333. The first-order chi connectivity index (χ1) is 8.52. The Morgan fingerprint density at radius 2 is 2.11 bits per heavy atom. The first-order valence-electron chi connectivity index (χ1n) is 5.64. The van der Waals surface area contributed by atoms with Gasteiger partial charge < -0.3 is 5.11 Å². The van der Waals surface area contributed by atoms with Gasteiger partial charge in [-0.2, -0.15) is 4.68 Å². The van der Waals surface area contributed by atoms with Crippen molar-refractivity contribution < 1.29 is 9.90 Å². The fourth-order valence-corrected chi connectivity index (χ4v) is 1.81. The molecule has 2 aromatic rings. The Bertz CT molecular complexity index is 590. The molecule has 94 valence electrons. The summed E-state index contributed by atoms with van der Waals surface area (Å²) in [6.45, 7) is 5.72. The van der Waals surface area contributed by atoms with E-state index in [1.165, 1.54) is 0 Å². The van der Waals surface area contributed by atoms with Gasteiger partial charge in [0.25, 0.3) is 0 Å². The van der Waals surface area contributed by atoms with Gasteiger partial charge in [0.15, 0.2) is 5.82 Å². The number of carbonyl (C=O) groups is 1. The molecule has 0 atom stereocenters. The minimum Gasteiger partial charge on any atom is -0.478 e. The number of nitrogens with zero attached hydrogens (tertiary/aromatic N) is 4. The van der Waals surface area contributed by atoms with Gasteiger partial charge in [-0.05, 0) is 35.0 Å². The summed E-state index contributed by atoms with van der Waals surface area (Å²) in [5.74, 6) is -0.0814. The second kappa shape index (κ2) is 4.56. The van der Waals surface area contributed by atoms with Gasteiger partial charge in [-0.3, -0.25) is 0 Å². The maximum Gasteiger partial charge on any atom is 0.336 e. The highest BCUT2D eigenvalue weighted by molar-refractivity contribution is 5.90. The van der Waals surface area contributed by atoms with Crippen LogP contribution in [0.3, 0.4) is 0 Å². The number of aromatic carboxylic acids is 1. The van der Waals surface area contributed by atoms with Gasteiger partial charge in [-0.25, -0.2) is 4.79 Å². The molecule has 0 bridgehead atoms. The van der Waals surface area contributed by atoms with E-state index < -0.39 is 5.97 Å². The van der Waals surface area contributed by atoms with Crippen LogP contribution in [0.2, 0.25) is 0 Å². The number of carboxylic acid groups (broad SMARTS) is 1. The number of benzene rings is 1. The molecule has 0 spiro atoms. The van der Waals surface area contributed by atoms with E-state index >= 15 is 0 Å². The topological polar surface area (TPSA) is 80.9 Å². The molecule has 0 saturated carbocycles. The third-order valence-electron chi connectivity index (χ3n) is 2.77. The molecule has 0 aliphatic carbocycles. The van der Waals surface area contributed by atoms with Crippen LogP contribution in [0, 0.1) is 6.92 Å². The Morgan fingerprint density at radius 3 is 2.72 bits per heavy atom. The van der Waals surface area contributed by atoms with E-state index in [0.717, 1.165) is 0 Å². The molecule has 2 rings (SSSR count). The van der Waals surface area contributed by atoms with E-state index in [1.54, 1.807) is 23.7 Å². The fourth-order valence-electron chi connectivity index (χ4n) is 1.81. The van der Waals surface area contributed by atoms with Crippen molar-refractivity contribution in [1.82, 2.24) is 20.2 Å². The second-order valence-electron chi connectivity index (χ2n) is 4.36. The summed E-state index contributed by atoms with van der Waals surface area (Å²) in [4.78, 5) is 11.1. The summed E-state index contributed by atoms with van der Waals surface area (Å²) in [6.07, 6.45) is 0. The molecular formula is C12H14N4O2. The van der Waals surface area contributed by atoms with Crippen LogP contribution in [0.4, 0.5) is 0 Å². The molecule has 0 aliphatic rings. The Labute approximate surface area is 104 Å². The lowest BCUT2D eigenvalue weighted by atomic mass is 10.1. The highest BCUT2D eigenvalue weighted by Crippen LogP contribution is 2.20. The lowest BCUT2D eigenvalue weighted by molar-refractivity contribution is 0.0696. The van der Waals surface area contributed by atoms with Gasteiger partial charge in [0.05, 0.1) is 11.3 Å². The number of carboxylic acids is 1. The van der Waals surface area contributed by atoms with Crippen LogP contribution in [-0.2, 0) is 0 Å². The van der Waals surface area contributed by atoms with Crippen LogP contribution < -0.4 is 0 Å². The zero-order valence-corrected chi connectivity index (χ0v) is 10.5. The first kappa shape index (κ1) is 12.2. The number of rotatable bonds is 3. The van der Waals surface area contributed by atoms with E-state index in [0.29, 0.717) is 17.1 Å². The highest BCUT2D eigenvalue weighted by atomic mass is 16.4. The van der Waals surface area contributed by atoms with Crippen molar-refractivity contribution in [3.8, 4) is 5.69 Å². The molecular weight excluding hydrogens is 232 g/mol. The van der Waals surface area contributed by atoms with Crippen LogP contribution in [0.15, 0.2) is 18.2 Å². The number of hydrogen-bond acceptors (Lipinski definition) is 4. The summed E-state index contributed by atoms with van der Waals surface area (Å²) in [5, 5.41) is 20.6. The van der Waals surface area contributed by atoms with E-state index in [4.69, 9.17) is 5.11 Å². The Morgan fingerprint density at radius 1 is 1.39 bits per heavy atom. The van der Waals surface area contributed by atoms with Crippen LogP contribution in [-0.4, -0.2) is 31.3 Å². The normalized spacial score (nSPS) is 10.9. The summed E-state index contributed by atoms with van der Waals surface area (Å²) < 4.78 is 1.59. The molecule has 0 unspecified atom stereocenters. The quantitative estimate of drug-likeness (QED) is 0.892. The maximum absolute atomic E-state index is 11.1. The molecule has 18 heavy (non-hydrogen) atoms. The lowest BCUT2D eigenvalue weighted by Gasteiger charge is -2.11. The first-order valence-corrected chi connectivity index (χ1v) is 5.64. The minimum absolute atomic E-state index is 0.160. The highest BCUT2D eigenvalue weighted by Gasteiger charge is 2.16. The van der Waals surface area contributed by atoms with Gasteiger partial charge in [0.1, 0.15) is 0 Å². The molecule has 0 radical (unpaired) electrons. The number of hydrogen-bond donors (Lipinski definition) is 1. The van der Waals surface area contributed by atoms with Crippen molar-refractivity contribution in [2.75, 3.05) is 0 Å². The van der Waals surface area contributed by atoms with Crippen LogP contribution in [0.5, 0.6) is 0 Å². The molecule has 0 saturated heterocycles. The molecule has 1 heterocycles. The largest absolute Gasteiger partial charge is 0.478 e. The standard InChI is InChI=1S/C12H14N4O2/c1-7(2)11-13-14-15-16(11)10-6-4-5-9(8(10)3)12(17)18/h4-7H,1-3H3,(H,17,18). The number of aromatic nitrogens is 4. The zero-order valence-electron chi connectivity index (χ0n) is 10.5.